The number of anilines is 1. The van der Waals surface area contributed by atoms with E-state index >= 15 is 0 Å². The lowest BCUT2D eigenvalue weighted by molar-refractivity contribution is 0.0710. The van der Waals surface area contributed by atoms with Crippen LogP contribution in [-0.2, 0) is 0 Å². The molecule has 0 saturated carbocycles. The molecule has 1 saturated heterocycles. The fourth-order valence-electron chi connectivity index (χ4n) is 3.80. The first-order valence-corrected chi connectivity index (χ1v) is 10.8. The summed E-state index contributed by atoms with van der Waals surface area (Å²) in [4.78, 5) is 31.0. The van der Waals surface area contributed by atoms with Gasteiger partial charge in [0.2, 0.25) is 5.95 Å². The molecule has 4 rings (SSSR count). The number of aryl methyl sites for hydroxylation is 1. The van der Waals surface area contributed by atoms with Gasteiger partial charge in [-0.15, -0.1) is 11.3 Å². The van der Waals surface area contributed by atoms with Crippen molar-refractivity contribution in [3.63, 3.8) is 0 Å². The standard InChI is InChI=1S/C22H24FN5OS/c1-14-20(30-13-25-14)21(29)28-10-4-5-16(12-28)19-18(11-24-22(26-19)27(2)3)15-6-8-17(23)9-7-15/h6-9,11,13,16H,4-5,10,12H2,1-3H3. The van der Waals surface area contributed by atoms with Crippen LogP contribution < -0.4 is 4.90 Å². The van der Waals surface area contributed by atoms with Crippen LogP contribution in [0.3, 0.4) is 0 Å². The minimum absolute atomic E-state index is 0.0323. The normalized spacial score (nSPS) is 16.5. The lowest BCUT2D eigenvalue weighted by Crippen LogP contribution is -2.39. The number of nitrogens with zero attached hydrogens (tertiary/aromatic N) is 5. The zero-order valence-corrected chi connectivity index (χ0v) is 18.1. The van der Waals surface area contributed by atoms with Crippen LogP contribution in [0.4, 0.5) is 10.3 Å². The number of carbonyl (C=O) groups is 1. The Morgan fingerprint density at radius 2 is 2.00 bits per heavy atom. The van der Waals surface area contributed by atoms with Gasteiger partial charge >= 0.3 is 0 Å². The molecule has 3 heterocycles. The summed E-state index contributed by atoms with van der Waals surface area (Å²) < 4.78 is 13.4. The van der Waals surface area contributed by atoms with Gasteiger partial charge in [-0.05, 0) is 37.5 Å². The van der Waals surface area contributed by atoms with E-state index in [1.54, 1.807) is 23.8 Å². The molecule has 1 fully saturated rings. The number of carbonyl (C=O) groups excluding carboxylic acids is 1. The summed E-state index contributed by atoms with van der Waals surface area (Å²) in [6.45, 7) is 3.18. The molecule has 2 aromatic heterocycles. The van der Waals surface area contributed by atoms with Crippen molar-refractivity contribution < 1.29 is 9.18 Å². The van der Waals surface area contributed by atoms with Crippen molar-refractivity contribution >= 4 is 23.2 Å². The largest absolute Gasteiger partial charge is 0.347 e. The van der Waals surface area contributed by atoms with Gasteiger partial charge in [0.05, 0.1) is 16.9 Å². The van der Waals surface area contributed by atoms with Crippen LogP contribution >= 0.6 is 11.3 Å². The summed E-state index contributed by atoms with van der Waals surface area (Å²) in [5.41, 5.74) is 5.15. The van der Waals surface area contributed by atoms with Gasteiger partial charge < -0.3 is 9.80 Å². The SMILES string of the molecule is Cc1ncsc1C(=O)N1CCCC(c2nc(N(C)C)ncc2-c2ccc(F)cc2)C1. The lowest BCUT2D eigenvalue weighted by atomic mass is 9.90. The zero-order chi connectivity index (χ0) is 21.3. The average molecular weight is 426 g/mol. The monoisotopic (exact) mass is 425 g/mol. The molecule has 1 unspecified atom stereocenters. The second-order valence-electron chi connectivity index (χ2n) is 7.73. The molecule has 1 aliphatic heterocycles. The Kier molecular flexibility index (Phi) is 5.76. The van der Waals surface area contributed by atoms with E-state index in [1.807, 2.05) is 30.8 Å². The first kappa shape index (κ1) is 20.4. The van der Waals surface area contributed by atoms with E-state index in [1.165, 1.54) is 23.5 Å². The number of thiazole rings is 1. The maximum absolute atomic E-state index is 13.4. The average Bonchev–Trinajstić information content (AvgIpc) is 3.19. The molecule has 0 bridgehead atoms. The summed E-state index contributed by atoms with van der Waals surface area (Å²) in [5, 5.41) is 0. The Balaban J connectivity index is 1.69. The fourth-order valence-corrected chi connectivity index (χ4v) is 4.57. The summed E-state index contributed by atoms with van der Waals surface area (Å²) in [5.74, 6) is 0.459. The van der Waals surface area contributed by atoms with Crippen LogP contribution in [0.2, 0.25) is 0 Å². The van der Waals surface area contributed by atoms with Crippen molar-refractivity contribution in [3.05, 3.63) is 58.1 Å². The first-order chi connectivity index (χ1) is 14.4. The number of aromatic nitrogens is 3. The Labute approximate surface area is 179 Å². The number of rotatable bonds is 4. The lowest BCUT2D eigenvalue weighted by Gasteiger charge is -2.33. The van der Waals surface area contributed by atoms with Gasteiger partial charge in [-0.25, -0.2) is 19.3 Å². The topological polar surface area (TPSA) is 62.2 Å². The molecule has 0 radical (unpaired) electrons. The van der Waals surface area contributed by atoms with Crippen LogP contribution in [0.15, 0.2) is 36.0 Å². The minimum atomic E-state index is -0.277. The fraction of sp³-hybridized carbons (Fsp3) is 0.364. The number of likely N-dealkylation sites (tertiary alicyclic amines) is 1. The highest BCUT2D eigenvalue weighted by Gasteiger charge is 2.30. The third-order valence-corrected chi connectivity index (χ3v) is 6.31. The van der Waals surface area contributed by atoms with Crippen LogP contribution in [0.25, 0.3) is 11.1 Å². The third-order valence-electron chi connectivity index (χ3n) is 5.40. The van der Waals surface area contributed by atoms with Crippen molar-refractivity contribution in [2.24, 2.45) is 0 Å². The number of halogens is 1. The Morgan fingerprint density at radius 3 is 2.67 bits per heavy atom. The molecule has 6 nitrogen and oxygen atoms in total. The highest BCUT2D eigenvalue weighted by Crippen LogP contribution is 2.34. The molecule has 0 N–H and O–H groups in total. The second kappa shape index (κ2) is 8.47. The number of hydrogen-bond donors (Lipinski definition) is 0. The highest BCUT2D eigenvalue weighted by molar-refractivity contribution is 7.11. The molecule has 156 valence electrons. The van der Waals surface area contributed by atoms with E-state index in [2.05, 4.69) is 9.97 Å². The van der Waals surface area contributed by atoms with Gasteiger partial charge in [0.25, 0.3) is 5.91 Å². The van der Waals surface area contributed by atoms with E-state index in [-0.39, 0.29) is 17.6 Å². The predicted molar refractivity (Wildman–Crippen MR) is 116 cm³/mol. The molecule has 0 spiro atoms. The molecule has 30 heavy (non-hydrogen) atoms. The molecule has 1 aromatic carbocycles. The smallest absolute Gasteiger partial charge is 0.265 e. The third kappa shape index (κ3) is 4.05. The zero-order valence-electron chi connectivity index (χ0n) is 17.3. The van der Waals surface area contributed by atoms with Gasteiger partial charge in [0.15, 0.2) is 0 Å². The molecule has 0 aliphatic carbocycles. The molecule has 1 atom stereocenters. The van der Waals surface area contributed by atoms with Crippen molar-refractivity contribution in [1.29, 1.82) is 0 Å². The van der Waals surface area contributed by atoms with Crippen LogP contribution in [0, 0.1) is 12.7 Å². The van der Waals surface area contributed by atoms with E-state index in [9.17, 15) is 9.18 Å². The van der Waals surface area contributed by atoms with E-state index in [0.717, 1.165) is 41.9 Å². The van der Waals surface area contributed by atoms with E-state index in [4.69, 9.17) is 4.98 Å². The molecular formula is C22H24FN5OS. The Bertz CT molecular complexity index is 1050. The maximum Gasteiger partial charge on any atom is 0.265 e. The van der Waals surface area contributed by atoms with Crippen molar-refractivity contribution in [2.75, 3.05) is 32.1 Å². The van der Waals surface area contributed by atoms with E-state index in [0.29, 0.717) is 17.4 Å². The number of amides is 1. The van der Waals surface area contributed by atoms with E-state index < -0.39 is 0 Å². The summed E-state index contributed by atoms with van der Waals surface area (Å²) in [6, 6.07) is 6.39. The van der Waals surface area contributed by atoms with Crippen molar-refractivity contribution in [2.45, 2.75) is 25.7 Å². The van der Waals surface area contributed by atoms with Crippen molar-refractivity contribution in [1.82, 2.24) is 19.9 Å². The summed E-state index contributed by atoms with van der Waals surface area (Å²) in [7, 11) is 3.81. The van der Waals surface area contributed by atoms with Crippen LogP contribution in [0.1, 0.15) is 39.8 Å². The Hall–Kier alpha value is -2.87. The number of piperidine rings is 1. The van der Waals surface area contributed by atoms with Gasteiger partial charge in [-0.2, -0.15) is 0 Å². The Morgan fingerprint density at radius 1 is 1.23 bits per heavy atom. The van der Waals surface area contributed by atoms with Crippen molar-refractivity contribution in [3.8, 4) is 11.1 Å². The number of hydrogen-bond acceptors (Lipinski definition) is 6. The van der Waals surface area contributed by atoms with Gasteiger partial charge in [-0.1, -0.05) is 12.1 Å². The second-order valence-corrected chi connectivity index (χ2v) is 8.58. The predicted octanol–water partition coefficient (Wildman–Crippen LogP) is 4.13. The van der Waals surface area contributed by atoms with Crippen LogP contribution in [0.5, 0.6) is 0 Å². The first-order valence-electron chi connectivity index (χ1n) is 9.93. The van der Waals surface area contributed by atoms with Gasteiger partial charge in [0.1, 0.15) is 10.7 Å². The molecule has 8 heteroatoms. The van der Waals surface area contributed by atoms with Gasteiger partial charge in [-0.3, -0.25) is 4.79 Å². The highest BCUT2D eigenvalue weighted by atomic mass is 32.1. The minimum Gasteiger partial charge on any atom is -0.347 e. The maximum atomic E-state index is 13.4. The quantitative estimate of drug-likeness (QED) is 0.629. The molecule has 1 amide bonds. The number of benzene rings is 1. The molecule has 3 aromatic rings. The summed E-state index contributed by atoms with van der Waals surface area (Å²) in [6.07, 6.45) is 3.64. The van der Waals surface area contributed by atoms with Crippen LogP contribution in [-0.4, -0.2) is 52.9 Å². The summed E-state index contributed by atoms with van der Waals surface area (Å²) >= 11 is 1.39. The molecule has 1 aliphatic rings. The van der Waals surface area contributed by atoms with Gasteiger partial charge in [0, 0.05) is 44.9 Å². The molecular weight excluding hydrogens is 401 g/mol.